The number of fused-ring (bicyclic) bond motifs is 1. The van der Waals surface area contributed by atoms with E-state index in [1.807, 2.05) is 19.1 Å². The van der Waals surface area contributed by atoms with Crippen LogP contribution in [0.1, 0.15) is 49.1 Å². The maximum atomic E-state index is 13.4. The number of anilines is 2. The van der Waals surface area contributed by atoms with Crippen molar-refractivity contribution >= 4 is 33.9 Å². The minimum Gasteiger partial charge on any atom is -0.383 e. The molecule has 0 unspecified atom stereocenters. The number of hydrogen-bond acceptors (Lipinski definition) is 8. The van der Waals surface area contributed by atoms with Gasteiger partial charge in [0.1, 0.15) is 25.5 Å². The number of nitrogens with zero attached hydrogens (tertiary/aromatic N) is 4. The average molecular weight is 565 g/mol. The van der Waals surface area contributed by atoms with Crippen molar-refractivity contribution in [1.29, 1.82) is 10.5 Å². The van der Waals surface area contributed by atoms with Gasteiger partial charge in [0.2, 0.25) is 0 Å². The summed E-state index contributed by atoms with van der Waals surface area (Å²) in [5, 5.41) is 28.7. The van der Waals surface area contributed by atoms with E-state index < -0.39 is 25.4 Å². The summed E-state index contributed by atoms with van der Waals surface area (Å²) in [5.74, 6) is 0. The molecule has 0 amide bonds. The van der Waals surface area contributed by atoms with Crippen molar-refractivity contribution in [1.82, 2.24) is 21.0 Å². The van der Waals surface area contributed by atoms with Gasteiger partial charge in [-0.3, -0.25) is 9.99 Å². The van der Waals surface area contributed by atoms with Crippen molar-refractivity contribution in [2.45, 2.75) is 39.8 Å². The first kappa shape index (κ1) is 28.9. The molecule has 3 aromatic rings. The number of aromatic nitrogens is 1. The molecular weight excluding hydrogens is 534 g/mol. The molecule has 1 atom stereocenters. The Morgan fingerprint density at radius 1 is 1.12 bits per heavy atom. The lowest BCUT2D eigenvalue weighted by atomic mass is 9.95. The predicted molar refractivity (Wildman–Crippen MR) is 154 cm³/mol. The molecule has 0 saturated carbocycles. The highest BCUT2D eigenvalue weighted by Gasteiger charge is 2.28. The first-order valence-corrected chi connectivity index (χ1v) is 13.1. The summed E-state index contributed by atoms with van der Waals surface area (Å²) in [5.41, 5.74) is 10.6. The first-order valence-electron chi connectivity index (χ1n) is 12.8. The molecule has 208 valence electrons. The van der Waals surface area contributed by atoms with Gasteiger partial charge in [-0.25, -0.2) is 8.78 Å². The molecule has 1 aliphatic heterocycles. The van der Waals surface area contributed by atoms with Crippen LogP contribution in [-0.2, 0) is 0 Å². The van der Waals surface area contributed by atoms with Gasteiger partial charge >= 0.3 is 0 Å². The number of hydrogen-bond donors (Lipinski definition) is 4. The lowest BCUT2D eigenvalue weighted by molar-refractivity contribution is 0.139. The quantitative estimate of drug-likeness (QED) is 0.249. The Labute approximate surface area is 237 Å². The Balaban J connectivity index is 1.83. The molecule has 0 bridgehead atoms. The first-order chi connectivity index (χ1) is 19.1. The third-order valence-corrected chi connectivity index (χ3v) is 6.92. The number of alkyl halides is 2. The van der Waals surface area contributed by atoms with Crippen LogP contribution < -0.4 is 21.6 Å². The minimum atomic E-state index is -1.00. The fourth-order valence-electron chi connectivity index (χ4n) is 4.43. The Morgan fingerprint density at radius 3 is 2.50 bits per heavy atom. The van der Waals surface area contributed by atoms with Crippen molar-refractivity contribution < 1.29 is 8.78 Å². The molecular formula is C29H31ClF2N8. The van der Waals surface area contributed by atoms with E-state index in [4.69, 9.17) is 11.6 Å². The molecule has 8 nitrogen and oxygen atoms in total. The molecule has 11 heteroatoms. The van der Waals surface area contributed by atoms with Crippen molar-refractivity contribution in [2.75, 3.05) is 30.5 Å². The highest BCUT2D eigenvalue weighted by Crippen LogP contribution is 2.37. The van der Waals surface area contributed by atoms with Crippen LogP contribution in [0.3, 0.4) is 0 Å². The van der Waals surface area contributed by atoms with E-state index in [0.717, 1.165) is 11.1 Å². The van der Waals surface area contributed by atoms with Crippen molar-refractivity contribution in [3.63, 3.8) is 0 Å². The van der Waals surface area contributed by atoms with Gasteiger partial charge in [0, 0.05) is 30.0 Å². The maximum absolute atomic E-state index is 13.4. The lowest BCUT2D eigenvalue weighted by Gasteiger charge is -2.24. The number of rotatable bonds is 9. The second-order valence-electron chi connectivity index (χ2n) is 10.8. The molecule has 4 rings (SSSR count). The van der Waals surface area contributed by atoms with Crippen LogP contribution in [0.15, 0.2) is 48.4 Å². The van der Waals surface area contributed by atoms with Gasteiger partial charge in [0.05, 0.1) is 45.2 Å². The van der Waals surface area contributed by atoms with E-state index in [0.29, 0.717) is 50.7 Å². The number of nitriles is 2. The van der Waals surface area contributed by atoms with Crippen molar-refractivity contribution in [3.8, 4) is 12.1 Å². The maximum Gasteiger partial charge on any atom is 0.114 e. The van der Waals surface area contributed by atoms with Gasteiger partial charge < -0.3 is 16.1 Å². The summed E-state index contributed by atoms with van der Waals surface area (Å²) >= 11 is 6.70. The zero-order chi connectivity index (χ0) is 29.0. The third-order valence-electron chi connectivity index (χ3n) is 6.63. The summed E-state index contributed by atoms with van der Waals surface area (Å²) in [4.78, 5) is 4.43. The highest BCUT2D eigenvalue weighted by atomic mass is 35.5. The zero-order valence-electron chi connectivity index (χ0n) is 22.7. The second-order valence-corrected chi connectivity index (χ2v) is 11.2. The monoisotopic (exact) mass is 564 g/mol. The Morgan fingerprint density at radius 2 is 1.85 bits per heavy atom. The topological polar surface area (TPSA) is 112 Å². The molecule has 0 saturated heterocycles. The smallest absolute Gasteiger partial charge is 0.114 e. The summed E-state index contributed by atoms with van der Waals surface area (Å²) in [7, 11) is 0. The number of pyridine rings is 1. The Hall–Kier alpha value is -4.12. The molecule has 40 heavy (non-hydrogen) atoms. The predicted octanol–water partition coefficient (Wildman–Crippen LogP) is 6.02. The van der Waals surface area contributed by atoms with Gasteiger partial charge in [0.25, 0.3) is 0 Å². The molecule has 2 heterocycles. The summed E-state index contributed by atoms with van der Waals surface area (Å²) in [6.45, 7) is 6.97. The Bertz CT molecular complexity index is 1520. The van der Waals surface area contributed by atoms with Crippen LogP contribution in [0.25, 0.3) is 10.9 Å². The molecule has 1 aromatic heterocycles. The number of halogens is 3. The molecule has 4 N–H and O–H groups in total. The number of benzene rings is 2. The Kier molecular flexibility index (Phi) is 8.63. The van der Waals surface area contributed by atoms with Crippen molar-refractivity contribution in [3.05, 3.63) is 75.7 Å². The fraction of sp³-hybridized carbons (Fsp3) is 0.345. The van der Waals surface area contributed by atoms with Gasteiger partial charge in [-0.15, -0.1) is 5.53 Å². The summed E-state index contributed by atoms with van der Waals surface area (Å²) in [6.07, 6.45) is 3.11. The summed E-state index contributed by atoms with van der Waals surface area (Å²) < 4.78 is 26.8. The van der Waals surface area contributed by atoms with Crippen LogP contribution in [0.2, 0.25) is 5.02 Å². The zero-order valence-corrected chi connectivity index (χ0v) is 23.5. The van der Waals surface area contributed by atoms with Gasteiger partial charge in [0.15, 0.2) is 0 Å². The molecule has 2 aromatic carbocycles. The molecule has 0 fully saturated rings. The lowest BCUT2D eigenvalue weighted by Crippen LogP contribution is -2.45. The van der Waals surface area contributed by atoms with E-state index in [-0.39, 0.29) is 5.41 Å². The SMILES string of the molecule is Cc1c(C#N)cccc1[C@H](Nc1cc(Cl)c2ncc(C#N)c(NCC(C)(C)C)c2c1)C1=CN(C(CF)CF)NN1. The number of nitrogens with one attached hydrogen (secondary N) is 4. The highest BCUT2D eigenvalue weighted by molar-refractivity contribution is 6.35. The van der Waals surface area contributed by atoms with E-state index in [9.17, 15) is 19.3 Å². The average Bonchev–Trinajstić information content (AvgIpc) is 3.40. The van der Waals surface area contributed by atoms with Crippen LogP contribution in [0.4, 0.5) is 20.2 Å². The second kappa shape index (κ2) is 12.0. The summed E-state index contributed by atoms with van der Waals surface area (Å²) in [6, 6.07) is 11.9. The minimum absolute atomic E-state index is 0.0487. The molecule has 1 aliphatic rings. The largest absolute Gasteiger partial charge is 0.383 e. The van der Waals surface area contributed by atoms with E-state index in [2.05, 4.69) is 59.5 Å². The van der Waals surface area contributed by atoms with Gasteiger partial charge in [-0.2, -0.15) is 10.5 Å². The van der Waals surface area contributed by atoms with E-state index in [1.54, 1.807) is 24.4 Å². The third kappa shape index (κ3) is 6.04. The van der Waals surface area contributed by atoms with Crippen molar-refractivity contribution in [2.24, 2.45) is 5.41 Å². The fourth-order valence-corrected chi connectivity index (χ4v) is 4.69. The molecule has 0 aliphatic carbocycles. The number of hydrazine groups is 2. The molecule has 0 spiro atoms. The van der Waals surface area contributed by atoms with Gasteiger partial charge in [-0.1, -0.05) is 44.5 Å². The normalized spacial score (nSPS) is 13.9. The molecule has 0 radical (unpaired) electrons. The van der Waals surface area contributed by atoms with Gasteiger partial charge in [-0.05, 0) is 41.7 Å². The van der Waals surface area contributed by atoms with Crippen LogP contribution in [0, 0.1) is 35.0 Å². The van der Waals surface area contributed by atoms with E-state index in [1.165, 1.54) is 11.2 Å². The standard InChI is InChI=1S/C29H31ClF2N8/c1-17-18(12-33)6-5-7-22(17)28(25-15-40(39-38-25)21(10-31)11-32)37-20-8-23-26(36-16-29(2,3)4)19(13-34)14-35-27(23)24(30)9-20/h5-9,14-15,21,28,37-39H,10-11,16H2,1-4H3,(H,35,36)/t28-/m0/s1. The van der Waals surface area contributed by atoms with E-state index >= 15 is 0 Å². The van der Waals surface area contributed by atoms with Crippen LogP contribution >= 0.6 is 11.6 Å². The van der Waals surface area contributed by atoms with Crippen LogP contribution in [0.5, 0.6) is 0 Å². The van der Waals surface area contributed by atoms with Crippen LogP contribution in [-0.4, -0.2) is 35.9 Å².